The number of aliphatic hydroxyl groups is 2. The second-order valence-electron chi connectivity index (χ2n) is 7.21. The van der Waals surface area contributed by atoms with Crippen LogP contribution < -0.4 is 0 Å². The van der Waals surface area contributed by atoms with Gasteiger partial charge in [0, 0.05) is 13.0 Å². The van der Waals surface area contributed by atoms with Crippen molar-refractivity contribution in [2.45, 2.75) is 59.9 Å². The molecule has 19 heavy (non-hydrogen) atoms. The molecule has 0 saturated heterocycles. The molecule has 4 atom stereocenters. The summed E-state index contributed by atoms with van der Waals surface area (Å²) in [6, 6.07) is 0. The van der Waals surface area contributed by atoms with Gasteiger partial charge in [0.25, 0.3) is 0 Å². The Kier molecular flexibility index (Phi) is 7.77. The van der Waals surface area contributed by atoms with E-state index >= 15 is 0 Å². The van der Waals surface area contributed by atoms with Gasteiger partial charge in [-0.2, -0.15) is 0 Å². The summed E-state index contributed by atoms with van der Waals surface area (Å²) >= 11 is 1.84. The molecule has 0 aromatic rings. The molecule has 0 aliphatic rings. The summed E-state index contributed by atoms with van der Waals surface area (Å²) in [6.45, 7) is 12.1. The molecule has 0 aromatic heterocycles. The molecule has 0 radical (unpaired) electrons. The van der Waals surface area contributed by atoms with Crippen molar-refractivity contribution in [1.82, 2.24) is 0 Å². The SMILES string of the molecule is COC(CO)C(C(O)C(OI)C(C)(C)C)C(C)(C)C. The minimum Gasteiger partial charge on any atom is -0.394 e. The summed E-state index contributed by atoms with van der Waals surface area (Å²) in [5, 5.41) is 20.2. The van der Waals surface area contributed by atoms with Crippen LogP contribution in [-0.2, 0) is 7.80 Å². The van der Waals surface area contributed by atoms with Gasteiger partial charge >= 0.3 is 0 Å². The van der Waals surface area contributed by atoms with E-state index in [1.807, 2.05) is 64.5 Å². The molecule has 0 aliphatic carbocycles. The summed E-state index contributed by atoms with van der Waals surface area (Å²) < 4.78 is 10.8. The second kappa shape index (κ2) is 7.54. The number of hydrogen-bond acceptors (Lipinski definition) is 4. The van der Waals surface area contributed by atoms with Gasteiger partial charge in [-0.05, 0) is 10.8 Å². The van der Waals surface area contributed by atoms with Crippen molar-refractivity contribution in [2.24, 2.45) is 16.7 Å². The number of aliphatic hydroxyl groups excluding tert-OH is 2. The quantitative estimate of drug-likeness (QED) is 0.688. The van der Waals surface area contributed by atoms with Crippen molar-refractivity contribution in [3.63, 3.8) is 0 Å². The lowest BCUT2D eigenvalue weighted by Crippen LogP contribution is -2.52. The lowest BCUT2D eigenvalue weighted by atomic mass is 9.69. The summed E-state index contributed by atoms with van der Waals surface area (Å²) in [4.78, 5) is 0. The van der Waals surface area contributed by atoms with Crippen molar-refractivity contribution < 1.29 is 18.0 Å². The Bertz CT molecular complexity index is 253. The van der Waals surface area contributed by atoms with Crippen LogP contribution in [0.1, 0.15) is 41.5 Å². The van der Waals surface area contributed by atoms with E-state index in [0.717, 1.165) is 0 Å². The third-order valence-electron chi connectivity index (χ3n) is 3.51. The predicted molar refractivity (Wildman–Crippen MR) is 85.2 cm³/mol. The minimum atomic E-state index is -0.714. The molecule has 0 aromatic carbocycles. The second-order valence-corrected chi connectivity index (χ2v) is 7.72. The monoisotopic (exact) mass is 388 g/mol. The number of halogens is 1. The molecule has 4 nitrogen and oxygen atoms in total. The first-order chi connectivity index (χ1) is 8.50. The standard InChI is InChI=1S/C14H29IO4/c1-13(2,3)10(9(8-16)18-7)11(17)12(19-15)14(4,5)6/h9-12,16-17H,8H2,1-7H3. The van der Waals surface area contributed by atoms with Gasteiger partial charge in [-0.25, -0.2) is 0 Å². The van der Waals surface area contributed by atoms with Crippen LogP contribution in [0.25, 0.3) is 0 Å². The first-order valence-electron chi connectivity index (χ1n) is 6.59. The maximum atomic E-state index is 10.8. The Morgan fingerprint density at radius 3 is 1.74 bits per heavy atom. The van der Waals surface area contributed by atoms with Crippen LogP contribution in [-0.4, -0.2) is 42.2 Å². The highest BCUT2D eigenvalue weighted by molar-refractivity contribution is 14.1. The fourth-order valence-corrected chi connectivity index (χ4v) is 3.58. The maximum absolute atomic E-state index is 10.8. The maximum Gasteiger partial charge on any atom is 0.110 e. The zero-order chi connectivity index (χ0) is 15.4. The zero-order valence-corrected chi connectivity index (χ0v) is 15.3. The highest BCUT2D eigenvalue weighted by Crippen LogP contribution is 2.39. The van der Waals surface area contributed by atoms with Crippen LogP contribution in [0.5, 0.6) is 0 Å². The highest BCUT2D eigenvalue weighted by Gasteiger charge is 2.45. The van der Waals surface area contributed by atoms with E-state index in [2.05, 4.69) is 0 Å². The fourth-order valence-electron chi connectivity index (χ4n) is 2.51. The van der Waals surface area contributed by atoms with E-state index in [1.54, 1.807) is 7.11 Å². The van der Waals surface area contributed by atoms with Gasteiger partial charge in [0.2, 0.25) is 0 Å². The number of rotatable bonds is 6. The molecule has 0 fully saturated rings. The van der Waals surface area contributed by atoms with Crippen LogP contribution >= 0.6 is 23.0 Å². The van der Waals surface area contributed by atoms with Gasteiger partial charge in [0.05, 0.1) is 18.8 Å². The third kappa shape index (κ3) is 5.46. The topological polar surface area (TPSA) is 58.9 Å². The molecule has 5 heteroatoms. The van der Waals surface area contributed by atoms with Gasteiger partial charge < -0.3 is 18.0 Å². The Balaban J connectivity index is 5.37. The van der Waals surface area contributed by atoms with Crippen molar-refractivity contribution in [3.8, 4) is 0 Å². The van der Waals surface area contributed by atoms with Gasteiger partial charge in [-0.3, -0.25) is 0 Å². The van der Waals surface area contributed by atoms with Gasteiger partial charge in [-0.1, -0.05) is 41.5 Å². The number of methoxy groups -OCH3 is 1. The summed E-state index contributed by atoms with van der Waals surface area (Å²) in [6.07, 6.45) is -1.46. The van der Waals surface area contributed by atoms with Gasteiger partial charge in [0.1, 0.15) is 29.1 Å². The fraction of sp³-hybridized carbons (Fsp3) is 1.00. The molecule has 0 bridgehead atoms. The third-order valence-corrected chi connectivity index (χ3v) is 4.06. The average Bonchev–Trinajstić information content (AvgIpc) is 2.22. The van der Waals surface area contributed by atoms with Crippen molar-refractivity contribution in [2.75, 3.05) is 13.7 Å². The van der Waals surface area contributed by atoms with Crippen molar-refractivity contribution in [1.29, 1.82) is 0 Å². The molecule has 4 unspecified atom stereocenters. The molecular formula is C14H29IO4. The van der Waals surface area contributed by atoms with Crippen LogP contribution in [0.3, 0.4) is 0 Å². The molecule has 0 spiro atoms. The van der Waals surface area contributed by atoms with Crippen LogP contribution in [0.2, 0.25) is 0 Å². The van der Waals surface area contributed by atoms with E-state index in [4.69, 9.17) is 7.80 Å². The van der Waals surface area contributed by atoms with Crippen LogP contribution in [0.15, 0.2) is 0 Å². The number of hydrogen-bond donors (Lipinski definition) is 2. The summed E-state index contributed by atoms with van der Waals surface area (Å²) in [5.74, 6) is -0.221. The largest absolute Gasteiger partial charge is 0.394 e. The Morgan fingerprint density at radius 2 is 1.53 bits per heavy atom. The van der Waals surface area contributed by atoms with Gasteiger partial charge in [-0.15, -0.1) is 0 Å². The molecule has 0 rings (SSSR count). The Hall–Kier alpha value is 0.570. The van der Waals surface area contributed by atoms with Crippen molar-refractivity contribution in [3.05, 3.63) is 0 Å². The molecule has 2 N–H and O–H groups in total. The highest BCUT2D eigenvalue weighted by atomic mass is 127. The first kappa shape index (κ1) is 19.6. The smallest absolute Gasteiger partial charge is 0.110 e. The van der Waals surface area contributed by atoms with E-state index in [1.165, 1.54) is 0 Å². The van der Waals surface area contributed by atoms with Crippen LogP contribution in [0.4, 0.5) is 0 Å². The average molecular weight is 388 g/mol. The first-order valence-corrected chi connectivity index (χ1v) is 7.47. The summed E-state index contributed by atoms with van der Waals surface area (Å²) in [7, 11) is 1.56. The van der Waals surface area contributed by atoms with E-state index < -0.39 is 12.2 Å². The predicted octanol–water partition coefficient (Wildman–Crippen LogP) is 2.80. The minimum absolute atomic E-state index is 0.117. The normalized spacial score (nSPS) is 19.9. The van der Waals surface area contributed by atoms with E-state index in [0.29, 0.717) is 0 Å². The van der Waals surface area contributed by atoms with Crippen molar-refractivity contribution >= 4 is 23.0 Å². The lowest BCUT2D eigenvalue weighted by Gasteiger charge is -2.44. The molecular weight excluding hydrogens is 359 g/mol. The summed E-state index contributed by atoms with van der Waals surface area (Å²) in [5.41, 5.74) is -0.403. The molecule has 0 saturated carbocycles. The molecule has 0 aliphatic heterocycles. The Morgan fingerprint density at radius 1 is 1.05 bits per heavy atom. The molecule has 116 valence electrons. The van der Waals surface area contributed by atoms with Crippen LogP contribution in [0, 0.1) is 16.7 Å². The van der Waals surface area contributed by atoms with E-state index in [9.17, 15) is 10.2 Å². The molecule has 0 amide bonds. The van der Waals surface area contributed by atoms with Gasteiger partial charge in [0.15, 0.2) is 0 Å². The zero-order valence-electron chi connectivity index (χ0n) is 13.1. The van der Waals surface area contributed by atoms with E-state index in [-0.39, 0.29) is 29.5 Å². The molecule has 0 heterocycles. The lowest BCUT2D eigenvalue weighted by molar-refractivity contribution is -0.124. The number of ether oxygens (including phenoxy) is 1. The Labute approximate surface area is 131 Å².